The van der Waals surface area contributed by atoms with Crippen LogP contribution in [0, 0.1) is 5.92 Å². The van der Waals surface area contributed by atoms with Crippen LogP contribution in [-0.2, 0) is 14.3 Å². The Hall–Kier alpha value is -1.10. The van der Waals surface area contributed by atoms with Crippen LogP contribution in [0.25, 0.3) is 0 Å². The van der Waals surface area contributed by atoms with Crippen molar-refractivity contribution in [3.63, 3.8) is 0 Å². The van der Waals surface area contributed by atoms with Crippen LogP contribution in [0.15, 0.2) is 0 Å². The van der Waals surface area contributed by atoms with Gasteiger partial charge in [-0.1, -0.05) is 39.5 Å². The topological polar surface area (TPSA) is 66.4 Å². The second-order valence-electron chi connectivity index (χ2n) is 7.30. The van der Waals surface area contributed by atoms with E-state index in [1.54, 1.807) is 0 Å². The molecule has 5 nitrogen and oxygen atoms in total. The second kappa shape index (κ2) is 10.6. The number of aliphatic carboxylic acids is 1. The summed E-state index contributed by atoms with van der Waals surface area (Å²) in [5, 5.41) is 10.8. The molecule has 0 amide bonds. The van der Waals surface area contributed by atoms with Gasteiger partial charge in [0, 0.05) is 18.8 Å². The first-order valence-electron chi connectivity index (χ1n) is 8.33. The third-order valence-electron chi connectivity index (χ3n) is 3.55. The number of likely N-dealkylation sites (N-methyl/N-ethyl adjacent to an activating group) is 1. The van der Waals surface area contributed by atoms with E-state index in [0.717, 1.165) is 19.3 Å². The van der Waals surface area contributed by atoms with Crippen molar-refractivity contribution in [3.05, 3.63) is 0 Å². The fourth-order valence-corrected chi connectivity index (χ4v) is 2.58. The molecular formula is C17H33NO4. The minimum atomic E-state index is -1.18. The molecule has 5 heteroatoms. The Labute approximate surface area is 135 Å². The molecule has 0 aliphatic heterocycles. The smallest absolute Gasteiger partial charge is 0.306 e. The van der Waals surface area contributed by atoms with E-state index in [1.807, 2.05) is 21.1 Å². The molecule has 0 heterocycles. The first-order valence-corrected chi connectivity index (χ1v) is 8.33. The van der Waals surface area contributed by atoms with Crippen LogP contribution in [0.4, 0.5) is 0 Å². The van der Waals surface area contributed by atoms with Crippen LogP contribution in [0.5, 0.6) is 0 Å². The van der Waals surface area contributed by atoms with Crippen molar-refractivity contribution in [2.45, 2.75) is 64.9 Å². The number of nitrogens with zero attached hydrogens (tertiary/aromatic N) is 1. The Balaban J connectivity index is 4.09. The van der Waals surface area contributed by atoms with E-state index < -0.39 is 12.1 Å². The normalized spacial score (nSPS) is 14.4. The third kappa shape index (κ3) is 12.6. The zero-order valence-electron chi connectivity index (χ0n) is 14.9. The van der Waals surface area contributed by atoms with Crippen molar-refractivity contribution in [3.8, 4) is 0 Å². The molecule has 0 aromatic rings. The van der Waals surface area contributed by atoms with Crippen LogP contribution < -0.4 is 5.11 Å². The number of hydrogen-bond donors (Lipinski definition) is 0. The van der Waals surface area contributed by atoms with Crippen molar-refractivity contribution in [2.24, 2.45) is 5.92 Å². The number of carboxylic acids is 1. The van der Waals surface area contributed by atoms with Gasteiger partial charge in [-0.2, -0.15) is 0 Å². The summed E-state index contributed by atoms with van der Waals surface area (Å²) < 4.78 is 5.86. The zero-order valence-corrected chi connectivity index (χ0v) is 14.9. The summed E-state index contributed by atoms with van der Waals surface area (Å²) in [7, 11) is 5.81. The van der Waals surface area contributed by atoms with Crippen molar-refractivity contribution in [1.29, 1.82) is 0 Å². The largest absolute Gasteiger partial charge is 0.550 e. The average Bonchev–Trinajstić information content (AvgIpc) is 2.32. The van der Waals surface area contributed by atoms with Crippen LogP contribution in [0.1, 0.15) is 58.8 Å². The van der Waals surface area contributed by atoms with Gasteiger partial charge in [0.25, 0.3) is 0 Å². The average molecular weight is 315 g/mol. The van der Waals surface area contributed by atoms with Gasteiger partial charge in [-0.05, 0) is 12.3 Å². The maximum Gasteiger partial charge on any atom is 0.306 e. The molecule has 0 fully saturated rings. The molecule has 2 unspecified atom stereocenters. The van der Waals surface area contributed by atoms with Crippen LogP contribution in [-0.4, -0.2) is 50.2 Å². The highest BCUT2D eigenvalue weighted by Gasteiger charge is 2.22. The Morgan fingerprint density at radius 3 is 2.27 bits per heavy atom. The molecule has 0 bridgehead atoms. The first kappa shape index (κ1) is 20.9. The van der Waals surface area contributed by atoms with Gasteiger partial charge in [-0.25, -0.2) is 0 Å². The summed E-state index contributed by atoms with van der Waals surface area (Å²) in [6, 6.07) is 0. The Morgan fingerprint density at radius 2 is 1.77 bits per heavy atom. The highest BCUT2D eigenvalue weighted by Crippen LogP contribution is 2.15. The molecule has 0 aromatic heterocycles. The lowest BCUT2D eigenvalue weighted by Gasteiger charge is -2.29. The van der Waals surface area contributed by atoms with Gasteiger partial charge in [-0.15, -0.1) is 0 Å². The van der Waals surface area contributed by atoms with Crippen molar-refractivity contribution in [2.75, 3.05) is 27.7 Å². The Bertz CT molecular complexity index is 336. The molecule has 22 heavy (non-hydrogen) atoms. The van der Waals surface area contributed by atoms with E-state index in [1.165, 1.54) is 12.8 Å². The van der Waals surface area contributed by atoms with Gasteiger partial charge in [0.15, 0.2) is 6.10 Å². The summed E-state index contributed by atoms with van der Waals surface area (Å²) in [6.45, 7) is 4.88. The summed E-state index contributed by atoms with van der Waals surface area (Å²) >= 11 is 0. The molecule has 0 N–H and O–H groups in total. The number of carbonyl (C=O) groups excluding carboxylic acids is 2. The van der Waals surface area contributed by atoms with Gasteiger partial charge in [0.1, 0.15) is 6.54 Å². The van der Waals surface area contributed by atoms with Gasteiger partial charge in [-0.3, -0.25) is 4.79 Å². The maximum atomic E-state index is 11.8. The van der Waals surface area contributed by atoms with Gasteiger partial charge in [0.05, 0.1) is 21.1 Å². The molecule has 0 aliphatic carbocycles. The summed E-state index contributed by atoms with van der Waals surface area (Å²) in [5.41, 5.74) is 0. The van der Waals surface area contributed by atoms with Crippen LogP contribution in [0.3, 0.4) is 0 Å². The van der Waals surface area contributed by atoms with E-state index in [2.05, 4.69) is 13.8 Å². The Kier molecular flexibility index (Phi) is 10.1. The van der Waals surface area contributed by atoms with Crippen LogP contribution in [0.2, 0.25) is 0 Å². The van der Waals surface area contributed by atoms with E-state index in [0.29, 0.717) is 23.4 Å². The number of carbonyl (C=O) groups is 2. The third-order valence-corrected chi connectivity index (χ3v) is 3.55. The summed E-state index contributed by atoms with van der Waals surface area (Å²) in [5.74, 6) is -0.785. The quantitative estimate of drug-likeness (QED) is 0.312. The van der Waals surface area contributed by atoms with Crippen molar-refractivity contribution in [1.82, 2.24) is 0 Å². The van der Waals surface area contributed by atoms with Crippen LogP contribution >= 0.6 is 0 Å². The highest BCUT2D eigenvalue weighted by atomic mass is 16.5. The lowest BCUT2D eigenvalue weighted by molar-refractivity contribution is -0.873. The van der Waals surface area contributed by atoms with E-state index >= 15 is 0 Å². The molecule has 0 saturated carbocycles. The Morgan fingerprint density at radius 1 is 1.14 bits per heavy atom. The number of unbranched alkanes of at least 4 members (excludes halogenated alkanes) is 1. The number of rotatable bonds is 12. The molecule has 2 atom stereocenters. The monoisotopic (exact) mass is 315 g/mol. The zero-order chi connectivity index (χ0) is 17.2. The lowest BCUT2D eigenvalue weighted by atomic mass is 9.99. The highest BCUT2D eigenvalue weighted by molar-refractivity contribution is 5.70. The van der Waals surface area contributed by atoms with E-state index in [-0.39, 0.29) is 12.4 Å². The SMILES string of the molecule is CCCC(C)CCCCC(=O)OC(CC(=O)[O-])C[N+](C)(C)C. The minimum absolute atomic E-state index is 0.241. The standard InChI is InChI=1S/C17H33NO4/c1-6-9-14(2)10-7-8-11-17(21)22-15(12-16(19)20)13-18(3,4)5/h14-15H,6-13H2,1-5H3. The lowest BCUT2D eigenvalue weighted by Crippen LogP contribution is -2.45. The molecular weight excluding hydrogens is 282 g/mol. The number of ether oxygens (including phenoxy) is 1. The molecule has 0 saturated heterocycles. The fourth-order valence-electron chi connectivity index (χ4n) is 2.58. The molecule has 0 aliphatic rings. The molecule has 130 valence electrons. The number of esters is 1. The fraction of sp³-hybridized carbons (Fsp3) is 0.882. The predicted octanol–water partition coefficient (Wildman–Crippen LogP) is 1.74. The summed E-state index contributed by atoms with van der Waals surface area (Å²) in [4.78, 5) is 22.6. The molecule has 0 spiro atoms. The number of hydrogen-bond acceptors (Lipinski definition) is 4. The van der Waals surface area contributed by atoms with E-state index in [4.69, 9.17) is 4.74 Å². The van der Waals surface area contributed by atoms with Gasteiger partial charge in [0.2, 0.25) is 0 Å². The maximum absolute atomic E-state index is 11.8. The van der Waals surface area contributed by atoms with Gasteiger partial charge < -0.3 is 19.1 Å². The molecule has 0 radical (unpaired) electrons. The first-order chi connectivity index (χ1) is 10.1. The van der Waals surface area contributed by atoms with Gasteiger partial charge >= 0.3 is 5.97 Å². The van der Waals surface area contributed by atoms with Crippen molar-refractivity contribution < 1.29 is 23.9 Å². The number of quaternary nitrogens is 1. The number of carboxylic acid groups (broad SMARTS) is 1. The molecule has 0 aromatic carbocycles. The second-order valence-corrected chi connectivity index (χ2v) is 7.30. The minimum Gasteiger partial charge on any atom is -0.550 e. The van der Waals surface area contributed by atoms with E-state index in [9.17, 15) is 14.7 Å². The molecule has 0 rings (SSSR count). The predicted molar refractivity (Wildman–Crippen MR) is 84.9 cm³/mol. The van der Waals surface area contributed by atoms with Crippen molar-refractivity contribution >= 4 is 11.9 Å². The summed E-state index contributed by atoms with van der Waals surface area (Å²) in [6.07, 6.45) is 4.86.